The van der Waals surface area contributed by atoms with Gasteiger partial charge in [0.15, 0.2) is 0 Å². The van der Waals surface area contributed by atoms with Crippen LogP contribution in [0.5, 0.6) is 5.75 Å². The Morgan fingerprint density at radius 1 is 0.638 bits per heavy atom. The average Bonchev–Trinajstić information content (AvgIpc) is 3.45. The summed E-state index contributed by atoms with van der Waals surface area (Å²) in [7, 11) is 0. The minimum atomic E-state index is -0.278. The van der Waals surface area contributed by atoms with E-state index in [-0.39, 0.29) is 5.41 Å². The van der Waals surface area contributed by atoms with Crippen LogP contribution in [0.25, 0.3) is 38.7 Å². The molecule has 226 valence electrons. The van der Waals surface area contributed by atoms with Crippen molar-refractivity contribution in [3.8, 4) is 28.0 Å². The monoisotopic (exact) mass is 605 g/mol. The van der Waals surface area contributed by atoms with Gasteiger partial charge in [-0.3, -0.25) is 0 Å². The molecule has 0 saturated heterocycles. The molecule has 0 aromatic heterocycles. The number of fused-ring (bicyclic) bond motifs is 5. The second kappa shape index (κ2) is 11.0. The fraction of sp³-hybridized carbons (Fsp3) is 0.111. The van der Waals surface area contributed by atoms with Crippen molar-refractivity contribution in [3.05, 3.63) is 186 Å². The van der Waals surface area contributed by atoms with Crippen molar-refractivity contribution >= 4 is 22.2 Å². The van der Waals surface area contributed by atoms with Crippen LogP contribution < -0.4 is 9.64 Å². The molecule has 0 bridgehead atoms. The molecule has 1 heterocycles. The summed E-state index contributed by atoms with van der Waals surface area (Å²) in [5, 5.41) is 2.52. The first-order valence-corrected chi connectivity index (χ1v) is 16.6. The number of hydrogen-bond donors (Lipinski definition) is 0. The van der Waals surface area contributed by atoms with Crippen molar-refractivity contribution in [2.45, 2.75) is 31.6 Å². The minimum absolute atomic E-state index is 0.278. The van der Waals surface area contributed by atoms with E-state index in [1.807, 2.05) is 0 Å². The molecule has 9 rings (SSSR count). The fourth-order valence-corrected chi connectivity index (χ4v) is 7.81. The lowest BCUT2D eigenvalue weighted by Crippen LogP contribution is -2.32. The van der Waals surface area contributed by atoms with Gasteiger partial charge in [0.2, 0.25) is 0 Å². The molecule has 47 heavy (non-hydrogen) atoms. The van der Waals surface area contributed by atoms with Gasteiger partial charge < -0.3 is 9.64 Å². The van der Waals surface area contributed by atoms with Gasteiger partial charge in [-0.05, 0) is 77.4 Å². The summed E-state index contributed by atoms with van der Waals surface area (Å²) in [5.41, 5.74) is 11.8. The molecule has 6 aromatic rings. The lowest BCUT2D eigenvalue weighted by atomic mass is 9.75. The smallest absolute Gasteiger partial charge is 0.139 e. The number of aryl methyl sites for hydroxylation is 1. The van der Waals surface area contributed by atoms with Gasteiger partial charge in [0.1, 0.15) is 11.5 Å². The molecule has 0 radical (unpaired) electrons. The largest absolute Gasteiger partial charge is 0.458 e. The van der Waals surface area contributed by atoms with Crippen LogP contribution in [0.2, 0.25) is 0 Å². The summed E-state index contributed by atoms with van der Waals surface area (Å²) in [5.74, 6) is 1.99. The van der Waals surface area contributed by atoms with Crippen molar-refractivity contribution in [2.75, 3.05) is 4.90 Å². The van der Waals surface area contributed by atoms with Crippen LogP contribution in [0, 0.1) is 0 Å². The number of nitrogens with zero attached hydrogens (tertiary/aromatic N) is 1. The maximum absolute atomic E-state index is 7.09. The van der Waals surface area contributed by atoms with Crippen molar-refractivity contribution in [3.63, 3.8) is 0 Å². The van der Waals surface area contributed by atoms with Gasteiger partial charge in [-0.15, -0.1) is 0 Å². The Balaban J connectivity index is 1.22. The summed E-state index contributed by atoms with van der Waals surface area (Å²) in [4.78, 5) is 2.45. The summed E-state index contributed by atoms with van der Waals surface area (Å²) in [6.07, 6.45) is 9.96. The third kappa shape index (κ3) is 4.47. The van der Waals surface area contributed by atoms with Gasteiger partial charge in [0.05, 0.1) is 11.1 Å². The molecule has 2 heteroatoms. The highest BCUT2D eigenvalue weighted by Crippen LogP contribution is 2.55. The molecule has 0 N–H and O–H groups in total. The van der Waals surface area contributed by atoms with Crippen LogP contribution in [0.1, 0.15) is 36.5 Å². The predicted octanol–water partition coefficient (Wildman–Crippen LogP) is 11.5. The van der Waals surface area contributed by atoms with Crippen molar-refractivity contribution in [1.82, 2.24) is 0 Å². The SMILES string of the molecule is CC12CC=CC(N(C3=CCCc4ccccc43)c3ccc(-c4cccc5ccccc45)cc3)=C1Oc1c(-c3ccccc3)cccc12. The number of anilines is 1. The maximum atomic E-state index is 7.09. The average molecular weight is 606 g/mol. The Morgan fingerprint density at radius 3 is 2.23 bits per heavy atom. The summed E-state index contributed by atoms with van der Waals surface area (Å²) in [6.45, 7) is 2.34. The number of allylic oxidation sites excluding steroid dienone is 4. The number of ether oxygens (including phenoxy) is 1. The molecule has 1 atom stereocenters. The first kappa shape index (κ1) is 27.7. The minimum Gasteiger partial charge on any atom is -0.458 e. The number of rotatable bonds is 5. The molecule has 1 unspecified atom stereocenters. The zero-order valence-corrected chi connectivity index (χ0v) is 26.5. The van der Waals surface area contributed by atoms with Crippen LogP contribution in [-0.4, -0.2) is 0 Å². The van der Waals surface area contributed by atoms with E-state index >= 15 is 0 Å². The summed E-state index contributed by atoms with van der Waals surface area (Å²) >= 11 is 0. The second-order valence-corrected chi connectivity index (χ2v) is 13.0. The van der Waals surface area contributed by atoms with Gasteiger partial charge >= 0.3 is 0 Å². The van der Waals surface area contributed by atoms with Crippen molar-refractivity contribution in [2.24, 2.45) is 0 Å². The molecule has 0 fully saturated rings. The summed E-state index contributed by atoms with van der Waals surface area (Å²) in [6, 6.07) is 50.4. The van der Waals surface area contributed by atoms with E-state index in [1.54, 1.807) is 0 Å². The van der Waals surface area contributed by atoms with Gasteiger partial charge in [-0.2, -0.15) is 0 Å². The third-order valence-electron chi connectivity index (χ3n) is 10.2. The molecule has 0 amide bonds. The highest BCUT2D eigenvalue weighted by atomic mass is 16.5. The Hall–Kier alpha value is -5.60. The van der Waals surface area contributed by atoms with Gasteiger partial charge in [0, 0.05) is 28.1 Å². The van der Waals surface area contributed by atoms with E-state index in [2.05, 4.69) is 170 Å². The summed E-state index contributed by atoms with van der Waals surface area (Å²) < 4.78 is 7.09. The maximum Gasteiger partial charge on any atom is 0.139 e. The lowest BCUT2D eigenvalue weighted by molar-refractivity contribution is 0.370. The van der Waals surface area contributed by atoms with Crippen molar-refractivity contribution < 1.29 is 4.74 Å². The Bertz CT molecular complexity index is 2250. The zero-order chi connectivity index (χ0) is 31.4. The first-order chi connectivity index (χ1) is 23.2. The highest BCUT2D eigenvalue weighted by Gasteiger charge is 2.46. The Kier molecular flexibility index (Phi) is 6.50. The van der Waals surface area contributed by atoms with Crippen molar-refractivity contribution in [1.29, 1.82) is 0 Å². The Morgan fingerprint density at radius 2 is 1.34 bits per heavy atom. The number of hydrogen-bond acceptors (Lipinski definition) is 2. The molecule has 0 saturated carbocycles. The van der Waals surface area contributed by atoms with E-state index in [0.717, 1.165) is 47.7 Å². The van der Waals surface area contributed by atoms with Crippen LogP contribution in [0.3, 0.4) is 0 Å². The zero-order valence-electron chi connectivity index (χ0n) is 26.5. The van der Waals surface area contributed by atoms with E-state index in [1.165, 1.54) is 49.9 Å². The normalized spacial score (nSPS) is 17.9. The first-order valence-electron chi connectivity index (χ1n) is 16.6. The van der Waals surface area contributed by atoms with Gasteiger partial charge in [-0.1, -0.05) is 140 Å². The molecule has 3 aliphatic rings. The molecular formula is C45H35NO. The molecule has 0 spiro atoms. The lowest BCUT2D eigenvalue weighted by Gasteiger charge is -2.37. The highest BCUT2D eigenvalue weighted by molar-refractivity contribution is 5.97. The van der Waals surface area contributed by atoms with Crippen LogP contribution in [-0.2, 0) is 11.8 Å². The standard InChI is InChI=1S/C45H35NO/c1-45-30-12-25-42(44(45)47-43-39(22-11-23-40(43)45)33-13-3-2-4-14-33)46(41-24-10-18-32-16-6-8-20-38(32)41)35-28-26-34(27-29-35)37-21-9-17-31-15-5-7-19-36(31)37/h2-9,11-17,19-29H,10,18,30H2,1H3. The third-order valence-corrected chi connectivity index (χ3v) is 10.2. The van der Waals surface area contributed by atoms with Crippen LogP contribution >= 0.6 is 0 Å². The van der Waals surface area contributed by atoms with E-state index in [4.69, 9.17) is 4.74 Å². The topological polar surface area (TPSA) is 12.5 Å². The number of benzene rings is 6. The van der Waals surface area contributed by atoms with E-state index in [0.29, 0.717) is 0 Å². The quantitative estimate of drug-likeness (QED) is 0.194. The van der Waals surface area contributed by atoms with Gasteiger partial charge in [0.25, 0.3) is 0 Å². The van der Waals surface area contributed by atoms with Crippen LogP contribution in [0.4, 0.5) is 5.69 Å². The number of para-hydroxylation sites is 1. The van der Waals surface area contributed by atoms with E-state index in [9.17, 15) is 0 Å². The van der Waals surface area contributed by atoms with Gasteiger partial charge in [-0.25, -0.2) is 0 Å². The fourth-order valence-electron chi connectivity index (χ4n) is 7.81. The molecule has 2 aliphatic carbocycles. The molecule has 2 nitrogen and oxygen atoms in total. The second-order valence-electron chi connectivity index (χ2n) is 13.0. The molecule has 1 aliphatic heterocycles. The van der Waals surface area contributed by atoms with Crippen LogP contribution in [0.15, 0.2) is 169 Å². The van der Waals surface area contributed by atoms with E-state index < -0.39 is 0 Å². The molecular weight excluding hydrogens is 571 g/mol. The Labute approximate surface area is 276 Å². The molecule has 6 aromatic carbocycles. The predicted molar refractivity (Wildman–Crippen MR) is 195 cm³/mol.